The maximum atomic E-state index is 10.8. The van der Waals surface area contributed by atoms with Crippen LogP contribution in [0.2, 0.25) is 0 Å². The third-order valence-corrected chi connectivity index (χ3v) is 3.06. The lowest BCUT2D eigenvalue weighted by atomic mass is 10.0. The van der Waals surface area contributed by atoms with Crippen molar-refractivity contribution in [1.29, 1.82) is 0 Å². The molecule has 2 atom stereocenters. The van der Waals surface area contributed by atoms with Gasteiger partial charge in [0.05, 0.1) is 5.92 Å². The van der Waals surface area contributed by atoms with Gasteiger partial charge in [0.25, 0.3) is 0 Å². The third-order valence-electron chi connectivity index (χ3n) is 3.06. The summed E-state index contributed by atoms with van der Waals surface area (Å²) in [5.74, 6) is -0.505. The zero-order chi connectivity index (χ0) is 13.5. The van der Waals surface area contributed by atoms with E-state index in [2.05, 4.69) is 36.1 Å². The Bertz CT molecular complexity index is 364. The van der Waals surface area contributed by atoms with Crippen LogP contribution in [0.3, 0.4) is 0 Å². The summed E-state index contributed by atoms with van der Waals surface area (Å²) in [6, 6.07) is 10.4. The molecular formula is C15H23NO2. The Labute approximate surface area is 109 Å². The maximum Gasteiger partial charge on any atom is 0.307 e. The summed E-state index contributed by atoms with van der Waals surface area (Å²) in [6.07, 6.45) is 1.03. The van der Waals surface area contributed by atoms with Gasteiger partial charge in [-0.05, 0) is 24.9 Å². The quantitative estimate of drug-likeness (QED) is 0.807. The zero-order valence-corrected chi connectivity index (χ0v) is 11.5. The highest BCUT2D eigenvalue weighted by molar-refractivity contribution is 5.69. The normalized spacial score (nSPS) is 14.4. The van der Waals surface area contributed by atoms with Crippen molar-refractivity contribution in [1.82, 2.24) is 4.90 Å². The number of hydrogen-bond donors (Lipinski definition) is 1. The van der Waals surface area contributed by atoms with Gasteiger partial charge in [0, 0.05) is 13.1 Å². The number of hydrogen-bond acceptors (Lipinski definition) is 2. The highest BCUT2D eigenvalue weighted by atomic mass is 16.4. The van der Waals surface area contributed by atoms with E-state index in [-0.39, 0.29) is 5.92 Å². The van der Waals surface area contributed by atoms with Gasteiger partial charge in [-0.25, -0.2) is 0 Å². The molecular weight excluding hydrogens is 226 g/mol. The molecule has 3 heteroatoms. The molecule has 1 aromatic carbocycles. The molecule has 18 heavy (non-hydrogen) atoms. The SMILES string of the molecule is CC(Cc1ccccc1)CN(C)CC(C)C(=O)O. The topological polar surface area (TPSA) is 40.5 Å². The smallest absolute Gasteiger partial charge is 0.307 e. The molecule has 0 spiro atoms. The summed E-state index contributed by atoms with van der Waals surface area (Å²) in [5.41, 5.74) is 1.34. The fourth-order valence-corrected chi connectivity index (χ4v) is 2.23. The first-order valence-corrected chi connectivity index (χ1v) is 6.44. The lowest BCUT2D eigenvalue weighted by Crippen LogP contribution is -2.32. The first kappa shape index (κ1) is 14.7. The van der Waals surface area contributed by atoms with E-state index < -0.39 is 5.97 Å². The van der Waals surface area contributed by atoms with Gasteiger partial charge in [-0.15, -0.1) is 0 Å². The molecule has 0 saturated carbocycles. The van der Waals surface area contributed by atoms with E-state index >= 15 is 0 Å². The lowest BCUT2D eigenvalue weighted by molar-refractivity contribution is -0.141. The Hall–Kier alpha value is -1.35. The summed E-state index contributed by atoms with van der Waals surface area (Å²) < 4.78 is 0. The Morgan fingerprint density at radius 1 is 1.22 bits per heavy atom. The van der Waals surface area contributed by atoms with Gasteiger partial charge in [0.2, 0.25) is 0 Å². The summed E-state index contributed by atoms with van der Waals surface area (Å²) in [6.45, 7) is 5.48. The van der Waals surface area contributed by atoms with Crippen LogP contribution in [-0.2, 0) is 11.2 Å². The average molecular weight is 249 g/mol. The molecule has 2 unspecified atom stereocenters. The van der Waals surface area contributed by atoms with E-state index in [0.717, 1.165) is 13.0 Å². The molecule has 3 nitrogen and oxygen atoms in total. The minimum Gasteiger partial charge on any atom is -0.481 e. The van der Waals surface area contributed by atoms with Crippen LogP contribution < -0.4 is 0 Å². The van der Waals surface area contributed by atoms with E-state index in [4.69, 9.17) is 5.11 Å². The van der Waals surface area contributed by atoms with E-state index in [1.807, 2.05) is 13.1 Å². The van der Waals surface area contributed by atoms with Crippen LogP contribution in [0.4, 0.5) is 0 Å². The van der Waals surface area contributed by atoms with Crippen molar-refractivity contribution in [3.8, 4) is 0 Å². The molecule has 0 amide bonds. The monoisotopic (exact) mass is 249 g/mol. The van der Waals surface area contributed by atoms with Gasteiger partial charge in [0.1, 0.15) is 0 Å². The van der Waals surface area contributed by atoms with Gasteiger partial charge < -0.3 is 10.0 Å². The Balaban J connectivity index is 2.36. The van der Waals surface area contributed by atoms with E-state index in [1.54, 1.807) is 6.92 Å². The maximum absolute atomic E-state index is 10.8. The van der Waals surface area contributed by atoms with Gasteiger partial charge in [-0.1, -0.05) is 44.2 Å². The summed E-state index contributed by atoms with van der Waals surface area (Å²) >= 11 is 0. The first-order valence-electron chi connectivity index (χ1n) is 6.44. The van der Waals surface area contributed by atoms with Gasteiger partial charge in [-0.3, -0.25) is 4.79 Å². The summed E-state index contributed by atoms with van der Waals surface area (Å²) in [4.78, 5) is 12.9. The molecule has 0 saturated heterocycles. The fourth-order valence-electron chi connectivity index (χ4n) is 2.23. The Morgan fingerprint density at radius 2 is 1.83 bits per heavy atom. The van der Waals surface area contributed by atoms with Crippen molar-refractivity contribution in [2.45, 2.75) is 20.3 Å². The predicted molar refractivity (Wildman–Crippen MR) is 73.6 cm³/mol. The Kier molecular flexibility index (Phi) is 5.86. The second-order valence-electron chi connectivity index (χ2n) is 5.26. The number of aliphatic carboxylic acids is 1. The van der Waals surface area contributed by atoms with Crippen LogP contribution in [0.1, 0.15) is 19.4 Å². The van der Waals surface area contributed by atoms with Crippen LogP contribution in [0, 0.1) is 11.8 Å². The summed E-state index contributed by atoms with van der Waals surface area (Å²) in [7, 11) is 1.99. The third kappa shape index (κ3) is 5.32. The molecule has 0 heterocycles. The summed E-state index contributed by atoms with van der Waals surface area (Å²) in [5, 5.41) is 8.87. The number of nitrogens with zero attached hydrogens (tertiary/aromatic N) is 1. The largest absolute Gasteiger partial charge is 0.481 e. The number of carboxylic acid groups (broad SMARTS) is 1. The lowest BCUT2D eigenvalue weighted by Gasteiger charge is -2.23. The molecule has 0 fully saturated rings. The second-order valence-corrected chi connectivity index (χ2v) is 5.26. The van der Waals surface area contributed by atoms with Crippen molar-refractivity contribution in [2.24, 2.45) is 11.8 Å². The van der Waals surface area contributed by atoms with E-state index in [1.165, 1.54) is 5.56 Å². The van der Waals surface area contributed by atoms with Crippen LogP contribution in [-0.4, -0.2) is 36.1 Å². The second kappa shape index (κ2) is 7.17. The Morgan fingerprint density at radius 3 is 2.39 bits per heavy atom. The van der Waals surface area contributed by atoms with Crippen LogP contribution in [0.15, 0.2) is 30.3 Å². The number of carboxylic acids is 1. The van der Waals surface area contributed by atoms with E-state index in [0.29, 0.717) is 12.5 Å². The van der Waals surface area contributed by atoms with Crippen molar-refractivity contribution < 1.29 is 9.90 Å². The van der Waals surface area contributed by atoms with E-state index in [9.17, 15) is 4.79 Å². The number of benzene rings is 1. The zero-order valence-electron chi connectivity index (χ0n) is 11.5. The van der Waals surface area contributed by atoms with Gasteiger partial charge in [-0.2, -0.15) is 0 Å². The standard InChI is InChI=1S/C15H23NO2/c1-12(9-14-7-5-4-6-8-14)10-16(3)11-13(2)15(17)18/h4-8,12-13H,9-11H2,1-3H3,(H,17,18). The molecule has 0 aliphatic carbocycles. The van der Waals surface area contributed by atoms with Crippen molar-refractivity contribution in [3.63, 3.8) is 0 Å². The molecule has 0 bridgehead atoms. The van der Waals surface area contributed by atoms with Crippen molar-refractivity contribution >= 4 is 5.97 Å². The minimum atomic E-state index is -0.724. The number of carbonyl (C=O) groups is 1. The predicted octanol–water partition coefficient (Wildman–Crippen LogP) is 2.52. The highest BCUT2D eigenvalue weighted by Gasteiger charge is 2.15. The highest BCUT2D eigenvalue weighted by Crippen LogP contribution is 2.10. The van der Waals surface area contributed by atoms with Gasteiger partial charge in [0.15, 0.2) is 0 Å². The molecule has 1 rings (SSSR count). The molecule has 1 aromatic rings. The average Bonchev–Trinajstić information content (AvgIpc) is 2.29. The molecule has 100 valence electrons. The molecule has 1 N–H and O–H groups in total. The first-order chi connectivity index (χ1) is 8.49. The van der Waals surface area contributed by atoms with Crippen molar-refractivity contribution in [2.75, 3.05) is 20.1 Å². The van der Waals surface area contributed by atoms with Crippen LogP contribution in [0.5, 0.6) is 0 Å². The molecule has 0 aliphatic rings. The number of rotatable bonds is 7. The fraction of sp³-hybridized carbons (Fsp3) is 0.533. The van der Waals surface area contributed by atoms with Crippen molar-refractivity contribution in [3.05, 3.63) is 35.9 Å². The molecule has 0 aliphatic heterocycles. The van der Waals surface area contributed by atoms with Gasteiger partial charge >= 0.3 is 5.97 Å². The molecule has 0 radical (unpaired) electrons. The van der Waals surface area contributed by atoms with Crippen LogP contribution in [0.25, 0.3) is 0 Å². The minimum absolute atomic E-state index is 0.307. The molecule has 0 aromatic heterocycles. The van der Waals surface area contributed by atoms with Crippen LogP contribution >= 0.6 is 0 Å².